The van der Waals surface area contributed by atoms with Crippen molar-refractivity contribution in [1.29, 1.82) is 0 Å². The highest BCUT2D eigenvalue weighted by Crippen LogP contribution is 2.38. The van der Waals surface area contributed by atoms with E-state index in [2.05, 4.69) is 28.5 Å². The van der Waals surface area contributed by atoms with Crippen LogP contribution in [0.15, 0.2) is 48.7 Å². The van der Waals surface area contributed by atoms with Crippen LogP contribution in [-0.2, 0) is 18.1 Å². The zero-order valence-corrected chi connectivity index (χ0v) is 12.4. The Labute approximate surface area is 127 Å². The van der Waals surface area contributed by atoms with Crippen LogP contribution in [0, 0.1) is 0 Å². The van der Waals surface area contributed by atoms with Gasteiger partial charge in [0.15, 0.2) is 0 Å². The van der Waals surface area contributed by atoms with E-state index in [1.165, 1.54) is 22.3 Å². The summed E-state index contributed by atoms with van der Waals surface area (Å²) in [5, 5.41) is 4.79. The number of nitrogens with one attached hydrogen (secondary N) is 1. The van der Waals surface area contributed by atoms with Gasteiger partial charge in [-0.15, -0.1) is 0 Å². The molecular formula is C17H15N3S. The van der Waals surface area contributed by atoms with Crippen LogP contribution in [0.5, 0.6) is 0 Å². The minimum Gasteiger partial charge on any atom is -0.379 e. The summed E-state index contributed by atoms with van der Waals surface area (Å²) < 4.78 is 0. The van der Waals surface area contributed by atoms with Crippen molar-refractivity contribution in [3.63, 3.8) is 0 Å². The van der Waals surface area contributed by atoms with Gasteiger partial charge in [0.1, 0.15) is 0 Å². The van der Waals surface area contributed by atoms with E-state index >= 15 is 0 Å². The number of para-hydroxylation sites is 1. The van der Waals surface area contributed by atoms with Crippen molar-refractivity contribution < 1.29 is 0 Å². The average molecular weight is 293 g/mol. The minimum absolute atomic E-state index is 0.742. The van der Waals surface area contributed by atoms with E-state index in [1.54, 1.807) is 0 Å². The topological polar surface area (TPSA) is 37.8 Å². The van der Waals surface area contributed by atoms with Crippen LogP contribution in [0.3, 0.4) is 0 Å². The summed E-state index contributed by atoms with van der Waals surface area (Å²) in [7, 11) is 0. The lowest BCUT2D eigenvalue weighted by Gasteiger charge is -2.14. The Kier molecular flexibility index (Phi) is 3.24. The number of benzene rings is 1. The Morgan fingerprint density at radius 2 is 1.95 bits per heavy atom. The number of hydrogen-bond donors (Lipinski definition) is 1. The van der Waals surface area contributed by atoms with Gasteiger partial charge in [-0.05, 0) is 18.2 Å². The number of hydrogen-bond acceptors (Lipinski definition) is 4. The van der Waals surface area contributed by atoms with Crippen LogP contribution >= 0.6 is 11.8 Å². The van der Waals surface area contributed by atoms with Gasteiger partial charge >= 0.3 is 0 Å². The number of anilines is 1. The summed E-state index contributed by atoms with van der Waals surface area (Å²) in [5.74, 6) is 2.05. The quantitative estimate of drug-likeness (QED) is 0.792. The number of rotatable bonds is 3. The van der Waals surface area contributed by atoms with E-state index in [-0.39, 0.29) is 0 Å². The van der Waals surface area contributed by atoms with Crippen molar-refractivity contribution in [3.8, 4) is 0 Å². The van der Waals surface area contributed by atoms with Gasteiger partial charge in [-0.3, -0.25) is 9.97 Å². The van der Waals surface area contributed by atoms with Gasteiger partial charge in [-0.2, -0.15) is 11.8 Å². The first-order valence-electron chi connectivity index (χ1n) is 7.04. The fraction of sp³-hybridized carbons (Fsp3) is 0.176. The van der Waals surface area contributed by atoms with E-state index in [0.717, 1.165) is 29.3 Å². The zero-order valence-electron chi connectivity index (χ0n) is 11.5. The normalized spacial score (nSPS) is 13.3. The Morgan fingerprint density at radius 1 is 1.05 bits per heavy atom. The number of aromatic nitrogens is 2. The van der Waals surface area contributed by atoms with Crippen molar-refractivity contribution in [3.05, 3.63) is 65.6 Å². The average Bonchev–Trinajstić information content (AvgIpc) is 3.00. The summed E-state index contributed by atoms with van der Waals surface area (Å²) >= 11 is 1.93. The molecule has 0 saturated carbocycles. The van der Waals surface area contributed by atoms with Crippen molar-refractivity contribution in [2.24, 2.45) is 0 Å². The summed E-state index contributed by atoms with van der Waals surface area (Å²) in [5.41, 5.74) is 5.93. The molecule has 1 N–H and O–H groups in total. The fourth-order valence-electron chi connectivity index (χ4n) is 2.71. The van der Waals surface area contributed by atoms with Crippen LogP contribution in [0.4, 0.5) is 5.69 Å². The molecule has 0 fully saturated rings. The predicted molar refractivity (Wildman–Crippen MR) is 88.3 cm³/mol. The molecule has 1 aromatic carbocycles. The van der Waals surface area contributed by atoms with Crippen LogP contribution in [0.2, 0.25) is 0 Å². The molecule has 0 bridgehead atoms. The zero-order chi connectivity index (χ0) is 14.1. The number of thioether (sulfide) groups is 1. The number of pyridine rings is 2. The van der Waals surface area contributed by atoms with Crippen molar-refractivity contribution >= 4 is 28.4 Å². The smallest absolute Gasteiger partial charge is 0.0726 e. The lowest BCUT2D eigenvalue weighted by molar-refractivity contribution is 1.04. The Hall–Kier alpha value is -2.07. The number of nitrogens with zero attached hydrogens (tertiary/aromatic N) is 2. The van der Waals surface area contributed by atoms with E-state index in [4.69, 9.17) is 4.98 Å². The maximum Gasteiger partial charge on any atom is 0.0726 e. The maximum absolute atomic E-state index is 4.79. The molecule has 3 heterocycles. The van der Waals surface area contributed by atoms with Crippen LogP contribution in [0.1, 0.15) is 17.0 Å². The molecule has 21 heavy (non-hydrogen) atoms. The molecular weight excluding hydrogens is 278 g/mol. The molecule has 0 amide bonds. The van der Waals surface area contributed by atoms with Crippen LogP contribution in [0.25, 0.3) is 10.9 Å². The lowest BCUT2D eigenvalue weighted by Crippen LogP contribution is -2.05. The second kappa shape index (κ2) is 5.37. The predicted octanol–water partition coefficient (Wildman–Crippen LogP) is 3.99. The maximum atomic E-state index is 4.79. The molecule has 0 radical (unpaired) electrons. The molecule has 0 atom stereocenters. The molecule has 4 heteroatoms. The summed E-state index contributed by atoms with van der Waals surface area (Å²) in [6, 6.07) is 14.4. The van der Waals surface area contributed by atoms with Gasteiger partial charge in [0, 0.05) is 34.3 Å². The highest BCUT2D eigenvalue weighted by Gasteiger charge is 2.19. The van der Waals surface area contributed by atoms with Gasteiger partial charge in [0.25, 0.3) is 0 Å². The lowest BCUT2D eigenvalue weighted by atomic mass is 10.1. The summed E-state index contributed by atoms with van der Waals surface area (Å²) in [4.78, 5) is 9.18. The summed E-state index contributed by atoms with van der Waals surface area (Å²) in [6.07, 6.45) is 1.84. The number of fused-ring (bicyclic) bond motifs is 2. The van der Waals surface area contributed by atoms with E-state index in [9.17, 15) is 0 Å². The first-order chi connectivity index (χ1) is 10.4. The first kappa shape index (κ1) is 12.7. The van der Waals surface area contributed by atoms with Gasteiger partial charge < -0.3 is 5.32 Å². The molecule has 3 nitrogen and oxygen atoms in total. The van der Waals surface area contributed by atoms with E-state index in [1.807, 2.05) is 42.2 Å². The molecule has 0 saturated heterocycles. The Balaban J connectivity index is 1.76. The van der Waals surface area contributed by atoms with Crippen LogP contribution in [-0.4, -0.2) is 9.97 Å². The van der Waals surface area contributed by atoms with Gasteiger partial charge in [0.2, 0.25) is 0 Å². The second-order valence-electron chi connectivity index (χ2n) is 5.10. The molecule has 0 unspecified atom stereocenters. The Bertz CT molecular complexity index is 787. The Morgan fingerprint density at radius 3 is 2.86 bits per heavy atom. The van der Waals surface area contributed by atoms with Crippen molar-refractivity contribution in [1.82, 2.24) is 9.97 Å². The third-order valence-corrected chi connectivity index (χ3v) is 4.71. The highest BCUT2D eigenvalue weighted by molar-refractivity contribution is 7.98. The van der Waals surface area contributed by atoms with Crippen molar-refractivity contribution in [2.75, 3.05) is 5.32 Å². The molecule has 4 rings (SSSR count). The van der Waals surface area contributed by atoms with Crippen LogP contribution < -0.4 is 5.32 Å². The van der Waals surface area contributed by atoms with E-state index in [0.29, 0.717) is 0 Å². The monoisotopic (exact) mass is 293 g/mol. The molecule has 3 aromatic rings. The standard InChI is InChI=1S/C17H15N3S/c1-2-7-15-13(6-1)17(14-10-21-11-16(14)20-15)19-9-12-5-3-4-8-18-12/h1-8H,9-11H2,(H,19,20). The third kappa shape index (κ3) is 2.36. The first-order valence-corrected chi connectivity index (χ1v) is 8.19. The summed E-state index contributed by atoms with van der Waals surface area (Å²) in [6.45, 7) is 0.742. The second-order valence-corrected chi connectivity index (χ2v) is 6.08. The molecule has 2 aromatic heterocycles. The minimum atomic E-state index is 0.742. The van der Waals surface area contributed by atoms with E-state index < -0.39 is 0 Å². The highest BCUT2D eigenvalue weighted by atomic mass is 32.2. The SMILES string of the molecule is c1ccc(CNc2c3c(nc4ccccc24)CSC3)nc1. The molecule has 1 aliphatic rings. The van der Waals surface area contributed by atoms with Gasteiger partial charge in [-0.1, -0.05) is 24.3 Å². The largest absolute Gasteiger partial charge is 0.379 e. The third-order valence-electron chi connectivity index (χ3n) is 3.74. The molecule has 1 aliphatic heterocycles. The molecule has 104 valence electrons. The fourth-order valence-corrected chi connectivity index (χ4v) is 3.76. The van der Waals surface area contributed by atoms with Gasteiger partial charge in [0.05, 0.1) is 23.4 Å². The molecule has 0 spiro atoms. The van der Waals surface area contributed by atoms with Gasteiger partial charge in [-0.25, -0.2) is 0 Å². The molecule has 0 aliphatic carbocycles. The van der Waals surface area contributed by atoms with Crippen molar-refractivity contribution in [2.45, 2.75) is 18.1 Å².